The van der Waals surface area contributed by atoms with E-state index in [9.17, 15) is 5.11 Å². The molecule has 1 atom stereocenters. The Morgan fingerprint density at radius 2 is 1.94 bits per heavy atom. The van der Waals surface area contributed by atoms with Crippen LogP contribution in [0, 0.1) is 0 Å². The summed E-state index contributed by atoms with van der Waals surface area (Å²) in [5.74, 6) is 0.996. The van der Waals surface area contributed by atoms with Gasteiger partial charge < -0.3 is 9.53 Å². The Morgan fingerprint density at radius 3 is 2.56 bits per heavy atom. The first-order valence-electron chi connectivity index (χ1n) is 6.71. The van der Waals surface area contributed by atoms with Crippen LogP contribution in [0.15, 0.2) is 18.2 Å². The molecule has 0 aromatic heterocycles. The zero-order valence-electron chi connectivity index (χ0n) is 12.1. The number of aliphatic hydroxyl groups is 1. The standard InChI is InChI=1S/C15H24O2Si/c1-15(2,3)18(4,5)17-14-8-6-7-11-12(14)9-10-13(11)16/h6-8,13,16H,9-10H2,1-5H3/t13-/m0/s1. The Hall–Kier alpha value is -0.803. The first-order valence-corrected chi connectivity index (χ1v) is 9.62. The predicted molar refractivity (Wildman–Crippen MR) is 77.5 cm³/mol. The fraction of sp³-hybridized carbons (Fsp3) is 0.600. The normalized spacial score (nSPS) is 19.8. The Balaban J connectivity index is 2.32. The molecule has 0 radical (unpaired) electrons. The molecule has 0 spiro atoms. The van der Waals surface area contributed by atoms with Crippen molar-refractivity contribution in [1.29, 1.82) is 0 Å². The second-order valence-corrected chi connectivity index (χ2v) is 11.5. The number of aliphatic hydroxyl groups excluding tert-OH is 1. The lowest BCUT2D eigenvalue weighted by Crippen LogP contribution is -2.44. The van der Waals surface area contributed by atoms with E-state index in [1.807, 2.05) is 12.1 Å². The minimum Gasteiger partial charge on any atom is -0.543 e. The first kappa shape index (κ1) is 13.6. The van der Waals surface area contributed by atoms with Crippen LogP contribution in [0.4, 0.5) is 0 Å². The van der Waals surface area contributed by atoms with E-state index in [0.717, 1.165) is 24.2 Å². The lowest BCUT2D eigenvalue weighted by molar-refractivity contribution is 0.180. The largest absolute Gasteiger partial charge is 0.543 e. The van der Waals surface area contributed by atoms with Gasteiger partial charge in [-0.3, -0.25) is 0 Å². The Morgan fingerprint density at radius 1 is 1.28 bits per heavy atom. The SMILES string of the molecule is CC(C)(C)[Si](C)(C)Oc1cccc2c1CC[C@@H]2O. The van der Waals surface area contributed by atoms with E-state index in [0.29, 0.717) is 0 Å². The van der Waals surface area contributed by atoms with E-state index in [1.165, 1.54) is 5.56 Å². The van der Waals surface area contributed by atoms with Crippen molar-refractivity contribution in [3.8, 4) is 5.75 Å². The Kier molecular flexibility index (Phi) is 3.32. The molecular formula is C15H24O2Si. The molecule has 0 heterocycles. The lowest BCUT2D eigenvalue weighted by atomic mass is 10.1. The summed E-state index contributed by atoms with van der Waals surface area (Å²) in [6.45, 7) is 11.3. The van der Waals surface area contributed by atoms with Gasteiger partial charge in [-0.2, -0.15) is 0 Å². The van der Waals surface area contributed by atoms with Crippen LogP contribution in [-0.4, -0.2) is 13.4 Å². The van der Waals surface area contributed by atoms with Crippen LogP contribution in [0.2, 0.25) is 18.1 Å². The summed E-state index contributed by atoms with van der Waals surface area (Å²) in [6, 6.07) is 6.07. The van der Waals surface area contributed by atoms with Gasteiger partial charge in [0.25, 0.3) is 0 Å². The van der Waals surface area contributed by atoms with Gasteiger partial charge in [0.15, 0.2) is 0 Å². The molecule has 1 aromatic rings. The average Bonchev–Trinajstić information content (AvgIpc) is 2.60. The molecule has 1 N–H and O–H groups in total. The van der Waals surface area contributed by atoms with Crippen molar-refractivity contribution in [1.82, 2.24) is 0 Å². The van der Waals surface area contributed by atoms with E-state index in [4.69, 9.17) is 4.43 Å². The Labute approximate surface area is 111 Å². The second-order valence-electron chi connectivity index (χ2n) is 6.74. The zero-order valence-corrected chi connectivity index (χ0v) is 13.1. The van der Waals surface area contributed by atoms with Gasteiger partial charge in [0, 0.05) is 0 Å². The molecule has 1 aliphatic rings. The number of rotatable bonds is 2. The highest BCUT2D eigenvalue weighted by Gasteiger charge is 2.39. The lowest BCUT2D eigenvalue weighted by Gasteiger charge is -2.37. The summed E-state index contributed by atoms with van der Waals surface area (Å²) in [7, 11) is -1.79. The van der Waals surface area contributed by atoms with Crippen molar-refractivity contribution in [2.24, 2.45) is 0 Å². The van der Waals surface area contributed by atoms with Crippen LogP contribution in [0.1, 0.15) is 44.4 Å². The molecule has 3 heteroatoms. The van der Waals surface area contributed by atoms with Crippen molar-refractivity contribution < 1.29 is 9.53 Å². The van der Waals surface area contributed by atoms with Crippen molar-refractivity contribution in [3.63, 3.8) is 0 Å². The van der Waals surface area contributed by atoms with Gasteiger partial charge >= 0.3 is 0 Å². The number of fused-ring (bicyclic) bond motifs is 1. The fourth-order valence-electron chi connectivity index (χ4n) is 2.12. The van der Waals surface area contributed by atoms with Crippen LogP contribution < -0.4 is 4.43 Å². The molecule has 0 unspecified atom stereocenters. The van der Waals surface area contributed by atoms with E-state index in [-0.39, 0.29) is 11.1 Å². The van der Waals surface area contributed by atoms with Crippen molar-refractivity contribution in [3.05, 3.63) is 29.3 Å². The summed E-state index contributed by atoms with van der Waals surface area (Å²) >= 11 is 0. The molecule has 1 aromatic carbocycles. The topological polar surface area (TPSA) is 29.5 Å². The van der Waals surface area contributed by atoms with Gasteiger partial charge in [-0.25, -0.2) is 0 Å². The third-order valence-electron chi connectivity index (χ3n) is 4.37. The minimum atomic E-state index is -1.79. The molecule has 100 valence electrons. The van der Waals surface area contributed by atoms with Crippen LogP contribution in [-0.2, 0) is 6.42 Å². The highest BCUT2D eigenvalue weighted by atomic mass is 28.4. The van der Waals surface area contributed by atoms with Crippen LogP contribution in [0.3, 0.4) is 0 Å². The third kappa shape index (κ3) is 2.34. The maximum atomic E-state index is 9.92. The molecule has 0 aliphatic heterocycles. The minimum absolute atomic E-state index is 0.201. The van der Waals surface area contributed by atoms with Gasteiger partial charge in [0.1, 0.15) is 5.75 Å². The second kappa shape index (κ2) is 4.39. The highest BCUT2D eigenvalue weighted by molar-refractivity contribution is 6.74. The molecule has 2 nitrogen and oxygen atoms in total. The maximum absolute atomic E-state index is 9.92. The quantitative estimate of drug-likeness (QED) is 0.817. The predicted octanol–water partition coefficient (Wildman–Crippen LogP) is 4.05. The number of hydrogen-bond acceptors (Lipinski definition) is 2. The molecule has 0 bridgehead atoms. The summed E-state index contributed by atoms with van der Waals surface area (Å²) in [6.07, 6.45) is 1.46. The molecule has 0 amide bonds. The fourth-order valence-corrected chi connectivity index (χ4v) is 3.17. The number of hydrogen-bond donors (Lipinski definition) is 1. The summed E-state index contributed by atoms with van der Waals surface area (Å²) < 4.78 is 6.39. The molecule has 1 aliphatic carbocycles. The van der Waals surface area contributed by atoms with Gasteiger partial charge in [-0.05, 0) is 48.2 Å². The van der Waals surface area contributed by atoms with Gasteiger partial charge in [-0.1, -0.05) is 32.9 Å². The summed E-state index contributed by atoms with van der Waals surface area (Å²) in [5.41, 5.74) is 2.28. The molecule has 0 fully saturated rings. The van der Waals surface area contributed by atoms with E-state index >= 15 is 0 Å². The molecular weight excluding hydrogens is 240 g/mol. The molecule has 0 saturated carbocycles. The van der Waals surface area contributed by atoms with Crippen molar-refractivity contribution >= 4 is 8.32 Å². The molecule has 0 saturated heterocycles. The first-order chi connectivity index (χ1) is 8.22. The summed E-state index contributed by atoms with van der Waals surface area (Å²) in [5, 5.41) is 10.1. The monoisotopic (exact) mass is 264 g/mol. The van der Waals surface area contributed by atoms with E-state index in [1.54, 1.807) is 0 Å². The van der Waals surface area contributed by atoms with Crippen molar-refractivity contribution in [2.75, 3.05) is 0 Å². The van der Waals surface area contributed by atoms with Crippen LogP contribution in [0.5, 0.6) is 5.75 Å². The smallest absolute Gasteiger partial charge is 0.250 e. The molecule has 2 rings (SSSR count). The van der Waals surface area contributed by atoms with Crippen LogP contribution >= 0.6 is 0 Å². The van der Waals surface area contributed by atoms with E-state index in [2.05, 4.69) is 39.9 Å². The van der Waals surface area contributed by atoms with Gasteiger partial charge in [-0.15, -0.1) is 0 Å². The average molecular weight is 264 g/mol. The Bertz CT molecular complexity index is 446. The summed E-state index contributed by atoms with van der Waals surface area (Å²) in [4.78, 5) is 0. The van der Waals surface area contributed by atoms with Crippen LogP contribution in [0.25, 0.3) is 0 Å². The van der Waals surface area contributed by atoms with E-state index < -0.39 is 8.32 Å². The molecule has 18 heavy (non-hydrogen) atoms. The van der Waals surface area contributed by atoms with Crippen molar-refractivity contribution in [2.45, 2.75) is 57.8 Å². The van der Waals surface area contributed by atoms with Gasteiger partial charge in [0.05, 0.1) is 6.10 Å². The van der Waals surface area contributed by atoms with Gasteiger partial charge in [0.2, 0.25) is 8.32 Å². The highest BCUT2D eigenvalue weighted by Crippen LogP contribution is 2.42. The number of benzene rings is 1. The maximum Gasteiger partial charge on any atom is 0.250 e. The third-order valence-corrected chi connectivity index (χ3v) is 8.71. The zero-order chi connectivity index (χ0) is 13.6.